The number of rotatable bonds is 6. The molecule has 0 aliphatic carbocycles. The first-order valence-corrected chi connectivity index (χ1v) is 7.64. The second kappa shape index (κ2) is 6.56. The van der Waals surface area contributed by atoms with Gasteiger partial charge in [-0.15, -0.1) is 0 Å². The van der Waals surface area contributed by atoms with E-state index in [4.69, 9.17) is 23.2 Å². The van der Waals surface area contributed by atoms with Gasteiger partial charge in [0.2, 0.25) is 0 Å². The monoisotopic (exact) mass is 296 g/mol. The third-order valence-corrected chi connectivity index (χ3v) is 3.43. The van der Waals surface area contributed by atoms with Crippen molar-refractivity contribution in [3.63, 3.8) is 0 Å². The van der Waals surface area contributed by atoms with Crippen LogP contribution in [0, 0.1) is 0 Å². The summed E-state index contributed by atoms with van der Waals surface area (Å²) in [5.74, 6) is 0. The van der Waals surface area contributed by atoms with Crippen molar-refractivity contribution in [3.05, 3.63) is 38.5 Å². The van der Waals surface area contributed by atoms with Gasteiger partial charge in [-0.25, -0.2) is 8.42 Å². The van der Waals surface area contributed by atoms with Gasteiger partial charge in [0.05, 0.1) is 26.6 Å². The minimum absolute atomic E-state index is 0.265. The number of benzene rings is 1. The van der Waals surface area contributed by atoms with E-state index >= 15 is 0 Å². The molecule has 0 saturated heterocycles. The van der Waals surface area contributed by atoms with Crippen LogP contribution in [0.4, 0.5) is 0 Å². The Kier molecular flexibility index (Phi) is 5.69. The van der Waals surface area contributed by atoms with Crippen LogP contribution >= 0.6 is 23.2 Å². The highest BCUT2D eigenvalue weighted by Crippen LogP contribution is 2.22. The topological polar surface area (TPSA) is 64.8 Å². The van der Waals surface area contributed by atoms with Crippen molar-refractivity contribution in [1.82, 2.24) is 0 Å². The Balaban J connectivity index is 2.37. The zero-order valence-corrected chi connectivity index (χ0v) is 11.7. The lowest BCUT2D eigenvalue weighted by Gasteiger charge is -2.15. The second-order valence-corrected chi connectivity index (χ2v) is 6.11. The van der Waals surface area contributed by atoms with Crippen LogP contribution in [0.3, 0.4) is 0 Å². The second-order valence-electron chi connectivity index (χ2n) is 3.57. The third kappa shape index (κ3) is 5.70. The zero-order valence-electron chi connectivity index (χ0n) is 9.36. The molecule has 4 nitrogen and oxygen atoms in total. The van der Waals surface area contributed by atoms with Crippen molar-refractivity contribution >= 4 is 33.2 Å². The van der Waals surface area contributed by atoms with Gasteiger partial charge in [-0.05, 0) is 12.1 Å². The van der Waals surface area contributed by atoms with E-state index < -0.39 is 10.0 Å². The lowest BCUT2D eigenvalue weighted by Crippen LogP contribution is -2.83. The van der Waals surface area contributed by atoms with E-state index in [2.05, 4.69) is 4.72 Å². The Morgan fingerprint density at radius 3 is 2.41 bits per heavy atom. The predicted octanol–water partition coefficient (Wildman–Crippen LogP) is 1.39. The molecule has 17 heavy (non-hydrogen) atoms. The van der Waals surface area contributed by atoms with Crippen molar-refractivity contribution < 1.29 is 13.7 Å². The van der Waals surface area contributed by atoms with Gasteiger partial charge in [-0.3, -0.25) is 0 Å². The smallest absolute Gasteiger partial charge is 0.104 e. The molecule has 0 bridgehead atoms. The molecule has 0 heterocycles. The van der Waals surface area contributed by atoms with E-state index in [1.165, 1.54) is 0 Å². The molecule has 0 aromatic heterocycles. The maximum Gasteiger partial charge on any atom is 0.104 e. The van der Waals surface area contributed by atoms with Crippen molar-refractivity contribution in [1.29, 1.82) is 0 Å². The minimum atomic E-state index is -3.23. The molecule has 1 aromatic carbocycles. The molecule has 0 atom stereocenters. The molecule has 0 radical (unpaired) electrons. The van der Waals surface area contributed by atoms with Crippen LogP contribution < -0.4 is 5.32 Å². The number of hydrogen-bond acceptors (Lipinski definition) is 2. The molecule has 96 valence electrons. The van der Waals surface area contributed by atoms with E-state index in [-0.39, 0.29) is 6.54 Å². The molecule has 0 spiro atoms. The maximum absolute atomic E-state index is 10.7. The van der Waals surface area contributed by atoms with Crippen LogP contribution in [0.1, 0.15) is 5.56 Å². The minimum Gasteiger partial charge on any atom is -0.545 e. The van der Waals surface area contributed by atoms with Gasteiger partial charge in [-0.1, -0.05) is 35.8 Å². The molecule has 0 saturated carbocycles. The van der Waals surface area contributed by atoms with E-state index in [1.54, 1.807) is 18.2 Å². The molecule has 0 aliphatic heterocycles. The summed E-state index contributed by atoms with van der Waals surface area (Å²) in [7, 11) is -3.23. The summed E-state index contributed by atoms with van der Waals surface area (Å²) in [6.45, 7) is 1.45. The third-order valence-electron chi connectivity index (χ3n) is 2.07. The fraction of sp³-hybridized carbons (Fsp3) is 0.400. The average molecular weight is 297 g/mol. The summed E-state index contributed by atoms with van der Waals surface area (Å²) < 4.78 is 25.0. The molecule has 2 N–H and O–H groups in total. The summed E-state index contributed by atoms with van der Waals surface area (Å²) in [5.41, 5.74) is 0.857. The van der Waals surface area contributed by atoms with Crippen molar-refractivity contribution in [3.8, 4) is 0 Å². The summed E-state index contributed by atoms with van der Waals surface area (Å²) in [5, 5.41) is 3.16. The molecule has 1 rings (SSSR count). The first-order chi connectivity index (χ1) is 7.90. The number of hydrogen-bond donors (Lipinski definition) is 1. The van der Waals surface area contributed by atoms with Crippen molar-refractivity contribution in [2.45, 2.75) is 6.54 Å². The highest BCUT2D eigenvalue weighted by molar-refractivity contribution is 7.93. The Bertz CT molecular complexity index is 457. The summed E-state index contributed by atoms with van der Waals surface area (Å²) in [4.78, 5) is 0. The van der Waals surface area contributed by atoms with E-state index in [1.807, 2.05) is 5.32 Å². The number of nitrogens with two attached hydrogens (primary N) is 1. The van der Waals surface area contributed by atoms with Gasteiger partial charge in [0.15, 0.2) is 0 Å². The SMILES string of the molecule is CS(=O)(=O)[N-]CC[NH2+]Cc1c(Cl)cccc1Cl. The van der Waals surface area contributed by atoms with Crippen LogP contribution in [0.5, 0.6) is 0 Å². The number of nitrogens with zero attached hydrogens (tertiary/aromatic N) is 1. The van der Waals surface area contributed by atoms with Crippen LogP contribution in [0.25, 0.3) is 4.72 Å². The van der Waals surface area contributed by atoms with Crippen molar-refractivity contribution in [2.24, 2.45) is 0 Å². The van der Waals surface area contributed by atoms with Crippen molar-refractivity contribution in [2.75, 3.05) is 19.3 Å². The number of quaternary nitrogens is 1. The van der Waals surface area contributed by atoms with Gasteiger partial charge in [-0.2, -0.15) is 0 Å². The molecular formula is C10H14Cl2N2O2S. The van der Waals surface area contributed by atoms with Crippen LogP contribution in [0.15, 0.2) is 18.2 Å². The Labute approximate surface area is 111 Å². The molecule has 0 unspecified atom stereocenters. The first kappa shape index (κ1) is 14.7. The summed E-state index contributed by atoms with van der Waals surface area (Å²) in [6, 6.07) is 5.34. The lowest BCUT2D eigenvalue weighted by molar-refractivity contribution is -0.667. The molecular weight excluding hydrogens is 283 g/mol. The fourth-order valence-electron chi connectivity index (χ4n) is 1.28. The van der Waals surface area contributed by atoms with Gasteiger partial charge < -0.3 is 10.0 Å². The Hall–Kier alpha value is -0.330. The largest absolute Gasteiger partial charge is 0.545 e. The summed E-state index contributed by atoms with van der Waals surface area (Å²) >= 11 is 12.0. The molecule has 0 fully saturated rings. The highest BCUT2D eigenvalue weighted by Gasteiger charge is 2.05. The van der Waals surface area contributed by atoms with Gasteiger partial charge >= 0.3 is 0 Å². The predicted molar refractivity (Wildman–Crippen MR) is 70.0 cm³/mol. The highest BCUT2D eigenvalue weighted by atomic mass is 35.5. The normalized spacial score (nSPS) is 11.7. The summed E-state index contributed by atoms with van der Waals surface area (Å²) in [6.07, 6.45) is 1.08. The molecule has 1 aromatic rings. The molecule has 0 amide bonds. The van der Waals surface area contributed by atoms with Gasteiger partial charge in [0.1, 0.15) is 6.54 Å². The quantitative estimate of drug-likeness (QED) is 0.806. The van der Waals surface area contributed by atoms with E-state index in [0.717, 1.165) is 11.8 Å². The fourth-order valence-corrected chi connectivity index (χ4v) is 2.27. The zero-order chi connectivity index (χ0) is 12.9. The van der Waals surface area contributed by atoms with Gasteiger partial charge in [0.25, 0.3) is 0 Å². The van der Waals surface area contributed by atoms with E-state index in [0.29, 0.717) is 23.1 Å². The van der Waals surface area contributed by atoms with Crippen LogP contribution in [0.2, 0.25) is 10.0 Å². The Morgan fingerprint density at radius 1 is 1.29 bits per heavy atom. The van der Waals surface area contributed by atoms with Crippen LogP contribution in [-0.4, -0.2) is 27.8 Å². The average Bonchev–Trinajstić information content (AvgIpc) is 2.20. The standard InChI is InChI=1S/C10H13Cl2N2O2S/c1-17(15,16)14-6-5-13-7-8-9(11)3-2-4-10(8)12/h2-4,13H,5-7H2,1H3/q-1/p+1. The Morgan fingerprint density at radius 2 is 1.88 bits per heavy atom. The van der Waals surface area contributed by atoms with Crippen LogP contribution in [-0.2, 0) is 16.6 Å². The lowest BCUT2D eigenvalue weighted by atomic mass is 10.2. The molecule has 0 aliphatic rings. The number of sulfonamides is 1. The van der Waals surface area contributed by atoms with Gasteiger partial charge in [0, 0.05) is 11.8 Å². The number of halogens is 2. The van der Waals surface area contributed by atoms with E-state index in [9.17, 15) is 8.42 Å². The first-order valence-electron chi connectivity index (χ1n) is 5.03. The molecule has 7 heteroatoms. The maximum atomic E-state index is 10.7.